The van der Waals surface area contributed by atoms with Crippen molar-refractivity contribution in [1.82, 2.24) is 9.97 Å². The van der Waals surface area contributed by atoms with Gasteiger partial charge in [0.2, 0.25) is 5.91 Å². The first-order valence-corrected chi connectivity index (χ1v) is 8.83. The van der Waals surface area contributed by atoms with Gasteiger partial charge in [-0.05, 0) is 42.5 Å². The van der Waals surface area contributed by atoms with Crippen molar-refractivity contribution in [3.63, 3.8) is 0 Å². The third-order valence-corrected chi connectivity index (χ3v) is 4.38. The maximum Gasteiger partial charge on any atom is 0.255 e. The van der Waals surface area contributed by atoms with Crippen molar-refractivity contribution >= 4 is 35.0 Å². The van der Waals surface area contributed by atoms with Crippen molar-refractivity contribution < 1.29 is 9.59 Å². The number of carbonyl (C=O) groups is 2. The van der Waals surface area contributed by atoms with Crippen molar-refractivity contribution in [3.8, 4) is 0 Å². The Labute approximate surface area is 155 Å². The molecular formula is C19H16N4O2S. The number of pyridine rings is 2. The van der Waals surface area contributed by atoms with Gasteiger partial charge in [-0.3, -0.25) is 19.6 Å². The smallest absolute Gasteiger partial charge is 0.255 e. The average Bonchev–Trinajstić information content (AvgIpc) is 2.68. The van der Waals surface area contributed by atoms with Gasteiger partial charge in [-0.15, -0.1) is 11.8 Å². The number of hydrogen-bond acceptors (Lipinski definition) is 5. The summed E-state index contributed by atoms with van der Waals surface area (Å²) >= 11 is 1.43. The molecule has 0 aliphatic rings. The lowest BCUT2D eigenvalue weighted by molar-refractivity contribution is -0.113. The summed E-state index contributed by atoms with van der Waals surface area (Å²) in [5.74, 6) is -0.0639. The van der Waals surface area contributed by atoms with Gasteiger partial charge in [-0.1, -0.05) is 6.07 Å². The molecule has 0 spiro atoms. The monoisotopic (exact) mass is 364 g/mol. The Morgan fingerprint density at radius 3 is 2.15 bits per heavy atom. The molecule has 0 saturated heterocycles. The number of amides is 2. The fourth-order valence-corrected chi connectivity index (χ4v) is 2.85. The van der Waals surface area contributed by atoms with E-state index >= 15 is 0 Å². The minimum atomic E-state index is -0.232. The molecular weight excluding hydrogens is 348 g/mol. The topological polar surface area (TPSA) is 84.0 Å². The van der Waals surface area contributed by atoms with E-state index in [4.69, 9.17) is 0 Å². The van der Waals surface area contributed by atoms with Crippen LogP contribution in [0.1, 0.15) is 10.4 Å². The molecule has 0 aliphatic heterocycles. The van der Waals surface area contributed by atoms with Gasteiger partial charge in [-0.25, -0.2) is 0 Å². The molecule has 2 N–H and O–H groups in total. The summed E-state index contributed by atoms with van der Waals surface area (Å²) in [4.78, 5) is 33.1. The van der Waals surface area contributed by atoms with Gasteiger partial charge in [0.1, 0.15) is 0 Å². The zero-order chi connectivity index (χ0) is 18.2. The van der Waals surface area contributed by atoms with Crippen LogP contribution in [0.3, 0.4) is 0 Å². The van der Waals surface area contributed by atoms with Crippen LogP contribution in [0.15, 0.2) is 78.2 Å². The van der Waals surface area contributed by atoms with Gasteiger partial charge in [-0.2, -0.15) is 0 Å². The van der Waals surface area contributed by atoms with Crippen LogP contribution in [0.25, 0.3) is 0 Å². The van der Waals surface area contributed by atoms with Crippen LogP contribution in [0.2, 0.25) is 0 Å². The first-order valence-electron chi connectivity index (χ1n) is 7.85. The normalized spacial score (nSPS) is 10.2. The molecule has 3 aromatic rings. The first kappa shape index (κ1) is 17.6. The van der Waals surface area contributed by atoms with Gasteiger partial charge in [0.15, 0.2) is 0 Å². The molecule has 0 unspecified atom stereocenters. The first-order chi connectivity index (χ1) is 12.7. The molecule has 0 radical (unpaired) electrons. The molecule has 1 aromatic carbocycles. The molecule has 26 heavy (non-hydrogen) atoms. The average molecular weight is 364 g/mol. The Hall–Kier alpha value is -3.19. The summed E-state index contributed by atoms with van der Waals surface area (Å²) in [6.45, 7) is 0. The van der Waals surface area contributed by atoms with Crippen LogP contribution in [-0.4, -0.2) is 27.5 Å². The van der Waals surface area contributed by atoms with Crippen molar-refractivity contribution in [2.45, 2.75) is 4.90 Å². The van der Waals surface area contributed by atoms with E-state index in [9.17, 15) is 9.59 Å². The Balaban J connectivity index is 1.57. The zero-order valence-corrected chi connectivity index (χ0v) is 14.6. The van der Waals surface area contributed by atoms with Crippen molar-refractivity contribution in [2.24, 2.45) is 0 Å². The van der Waals surface area contributed by atoms with Gasteiger partial charge in [0, 0.05) is 46.6 Å². The molecule has 0 aliphatic carbocycles. The van der Waals surface area contributed by atoms with Gasteiger partial charge in [0.25, 0.3) is 5.91 Å². The molecule has 2 aromatic heterocycles. The number of carbonyl (C=O) groups excluding carboxylic acids is 2. The number of nitrogens with one attached hydrogen (secondary N) is 2. The predicted molar refractivity (Wildman–Crippen MR) is 102 cm³/mol. The third-order valence-electron chi connectivity index (χ3n) is 3.37. The molecule has 0 atom stereocenters. The van der Waals surface area contributed by atoms with Crippen LogP contribution in [-0.2, 0) is 4.79 Å². The van der Waals surface area contributed by atoms with Crippen LogP contribution in [0.5, 0.6) is 0 Å². The number of aromatic nitrogens is 2. The van der Waals surface area contributed by atoms with E-state index < -0.39 is 0 Å². The van der Waals surface area contributed by atoms with Crippen LogP contribution in [0.4, 0.5) is 11.4 Å². The van der Waals surface area contributed by atoms with Gasteiger partial charge < -0.3 is 10.6 Å². The van der Waals surface area contributed by atoms with Crippen LogP contribution in [0, 0.1) is 0 Å². The molecule has 0 fully saturated rings. The second kappa shape index (κ2) is 8.77. The Kier molecular flexibility index (Phi) is 5.95. The molecule has 7 heteroatoms. The summed E-state index contributed by atoms with van der Waals surface area (Å²) in [6, 6.07) is 14.0. The minimum absolute atomic E-state index is 0.121. The second-order valence-corrected chi connectivity index (χ2v) is 6.34. The molecule has 6 nitrogen and oxygen atoms in total. The number of thioether (sulfide) groups is 1. The molecule has 130 valence electrons. The lowest BCUT2D eigenvalue weighted by atomic mass is 10.2. The molecule has 2 heterocycles. The lowest BCUT2D eigenvalue weighted by Gasteiger charge is -2.09. The number of benzene rings is 1. The Bertz CT molecular complexity index is 888. The molecule has 0 bridgehead atoms. The van der Waals surface area contributed by atoms with E-state index in [2.05, 4.69) is 20.6 Å². The number of nitrogens with zero attached hydrogens (tertiary/aromatic N) is 2. The van der Waals surface area contributed by atoms with Crippen molar-refractivity contribution in [1.29, 1.82) is 0 Å². The summed E-state index contributed by atoms with van der Waals surface area (Å²) in [7, 11) is 0. The van der Waals surface area contributed by atoms with Crippen LogP contribution < -0.4 is 10.6 Å². The van der Waals surface area contributed by atoms with E-state index in [-0.39, 0.29) is 17.6 Å². The maximum absolute atomic E-state index is 12.2. The van der Waals surface area contributed by atoms with Gasteiger partial charge >= 0.3 is 0 Å². The SMILES string of the molecule is O=C(CSc1ccncc1)Nc1cccc(NC(=O)c2ccncc2)c1. The number of hydrogen-bond donors (Lipinski definition) is 2. The third kappa shape index (κ3) is 5.15. The lowest BCUT2D eigenvalue weighted by Crippen LogP contribution is -2.15. The van der Waals surface area contributed by atoms with Crippen LogP contribution >= 0.6 is 11.8 Å². The highest BCUT2D eigenvalue weighted by Gasteiger charge is 2.07. The zero-order valence-electron chi connectivity index (χ0n) is 13.8. The van der Waals surface area contributed by atoms with E-state index in [1.807, 2.05) is 12.1 Å². The van der Waals surface area contributed by atoms with E-state index in [1.165, 1.54) is 11.8 Å². The minimum Gasteiger partial charge on any atom is -0.325 e. The Morgan fingerprint density at radius 1 is 0.846 bits per heavy atom. The Morgan fingerprint density at radius 2 is 1.46 bits per heavy atom. The fraction of sp³-hybridized carbons (Fsp3) is 0.0526. The molecule has 2 amide bonds. The number of rotatable bonds is 6. The standard InChI is InChI=1S/C19H16N4O2S/c24-18(13-26-17-6-10-21-11-7-17)22-15-2-1-3-16(12-15)23-19(25)14-4-8-20-9-5-14/h1-12H,13H2,(H,22,24)(H,23,25). The molecule has 3 rings (SSSR count). The largest absolute Gasteiger partial charge is 0.325 e. The van der Waals surface area contributed by atoms with Crippen molar-refractivity contribution in [2.75, 3.05) is 16.4 Å². The summed E-state index contributed by atoms with van der Waals surface area (Å²) in [5.41, 5.74) is 1.74. The highest BCUT2D eigenvalue weighted by atomic mass is 32.2. The quantitative estimate of drug-likeness (QED) is 0.655. The predicted octanol–water partition coefficient (Wildman–Crippen LogP) is 3.46. The number of anilines is 2. The highest BCUT2D eigenvalue weighted by molar-refractivity contribution is 8.00. The summed E-state index contributed by atoms with van der Waals surface area (Å²) in [6.07, 6.45) is 6.50. The van der Waals surface area contributed by atoms with Gasteiger partial charge in [0.05, 0.1) is 5.75 Å². The summed E-state index contributed by atoms with van der Waals surface area (Å²) < 4.78 is 0. The van der Waals surface area contributed by atoms with E-state index in [0.29, 0.717) is 16.9 Å². The fourth-order valence-electron chi connectivity index (χ4n) is 2.16. The van der Waals surface area contributed by atoms with Crippen molar-refractivity contribution in [3.05, 3.63) is 78.9 Å². The highest BCUT2D eigenvalue weighted by Crippen LogP contribution is 2.19. The van der Waals surface area contributed by atoms with E-state index in [1.54, 1.807) is 61.2 Å². The van der Waals surface area contributed by atoms with E-state index in [0.717, 1.165) is 4.90 Å². The summed E-state index contributed by atoms with van der Waals surface area (Å²) in [5, 5.41) is 5.63. The maximum atomic E-state index is 12.2. The second-order valence-electron chi connectivity index (χ2n) is 5.29. The molecule has 0 saturated carbocycles.